The van der Waals surface area contributed by atoms with Gasteiger partial charge in [-0.15, -0.1) is 11.3 Å². The van der Waals surface area contributed by atoms with Gasteiger partial charge in [0.15, 0.2) is 5.11 Å². The van der Waals surface area contributed by atoms with E-state index in [1.54, 1.807) is 17.4 Å². The van der Waals surface area contributed by atoms with Crippen LogP contribution in [0.25, 0.3) is 0 Å². The molecule has 0 spiro atoms. The van der Waals surface area contributed by atoms with Crippen LogP contribution in [0.2, 0.25) is 10.0 Å². The van der Waals surface area contributed by atoms with Crippen LogP contribution in [0.1, 0.15) is 63.9 Å². The average Bonchev–Trinajstić information content (AvgIpc) is 3.15. The molecule has 0 fully saturated rings. The topological polar surface area (TPSA) is 68.2 Å². The number of thiophene rings is 1. The zero-order valence-electron chi connectivity index (χ0n) is 20.0. The number of carbonyl (C=O) groups excluding carboxylic acids is 1. The van der Waals surface area contributed by atoms with Crippen LogP contribution in [-0.2, 0) is 24.1 Å². The molecule has 2 N–H and O–H groups in total. The molecule has 4 rings (SSSR count). The molecule has 0 unspecified atom stereocenters. The molecule has 186 valence electrons. The van der Waals surface area contributed by atoms with E-state index in [1.165, 1.54) is 11.3 Å². The van der Waals surface area contributed by atoms with Crippen LogP contribution in [-0.4, -0.2) is 27.5 Å². The summed E-state index contributed by atoms with van der Waals surface area (Å²) < 4.78 is 7.26. The SMILES string of the molecule is CCOC(=O)c1c(NC(=S)Nc2c(C)nn(Cc3ccc(Cl)cc3Cl)c2C)sc2c1CCCCC2. The highest BCUT2D eigenvalue weighted by molar-refractivity contribution is 7.80. The van der Waals surface area contributed by atoms with Crippen LogP contribution >= 0.6 is 46.8 Å². The largest absolute Gasteiger partial charge is 0.462 e. The number of thiocarbonyl (C=S) groups is 1. The van der Waals surface area contributed by atoms with E-state index in [2.05, 4.69) is 15.7 Å². The van der Waals surface area contributed by atoms with Gasteiger partial charge in [-0.2, -0.15) is 5.10 Å². The predicted octanol–water partition coefficient (Wildman–Crippen LogP) is 7.17. The summed E-state index contributed by atoms with van der Waals surface area (Å²) in [6.45, 7) is 6.57. The number of rotatable bonds is 6. The quantitative estimate of drug-likeness (QED) is 0.192. The maximum atomic E-state index is 12.8. The van der Waals surface area contributed by atoms with Gasteiger partial charge in [-0.05, 0) is 81.9 Å². The number of benzene rings is 1. The van der Waals surface area contributed by atoms with Crippen molar-refractivity contribution in [2.45, 2.75) is 59.4 Å². The minimum Gasteiger partial charge on any atom is -0.462 e. The number of hydrogen-bond donors (Lipinski definition) is 2. The van der Waals surface area contributed by atoms with E-state index in [-0.39, 0.29) is 5.97 Å². The third kappa shape index (κ3) is 5.82. The number of ether oxygens (including phenoxy) is 1. The van der Waals surface area contributed by atoms with E-state index in [4.69, 9.17) is 40.2 Å². The number of aryl methyl sites for hydroxylation is 2. The van der Waals surface area contributed by atoms with Gasteiger partial charge < -0.3 is 15.4 Å². The number of anilines is 2. The molecule has 0 saturated heterocycles. The van der Waals surface area contributed by atoms with E-state index in [0.717, 1.165) is 58.9 Å². The van der Waals surface area contributed by atoms with Gasteiger partial charge in [0.25, 0.3) is 0 Å². The van der Waals surface area contributed by atoms with Crippen LogP contribution in [0.5, 0.6) is 0 Å². The molecule has 1 aliphatic rings. The minimum absolute atomic E-state index is 0.294. The van der Waals surface area contributed by atoms with Gasteiger partial charge in [0.1, 0.15) is 5.00 Å². The van der Waals surface area contributed by atoms with Crippen molar-refractivity contribution < 1.29 is 9.53 Å². The summed E-state index contributed by atoms with van der Waals surface area (Å²) in [4.78, 5) is 14.1. The van der Waals surface area contributed by atoms with Crippen molar-refractivity contribution in [3.63, 3.8) is 0 Å². The lowest BCUT2D eigenvalue weighted by Crippen LogP contribution is -2.21. The molecule has 0 radical (unpaired) electrons. The third-order valence-corrected chi connectivity index (χ3v) is 8.08. The van der Waals surface area contributed by atoms with E-state index < -0.39 is 0 Å². The molecule has 10 heteroatoms. The first kappa shape index (κ1) is 25.9. The number of halogens is 2. The van der Waals surface area contributed by atoms with Crippen LogP contribution in [0.4, 0.5) is 10.7 Å². The molecule has 1 aromatic carbocycles. The Morgan fingerprint density at radius 2 is 1.97 bits per heavy atom. The van der Waals surface area contributed by atoms with Gasteiger partial charge in [0, 0.05) is 14.9 Å². The van der Waals surface area contributed by atoms with E-state index >= 15 is 0 Å². The van der Waals surface area contributed by atoms with Crippen molar-refractivity contribution >= 4 is 68.5 Å². The van der Waals surface area contributed by atoms with Gasteiger partial charge in [0.05, 0.1) is 35.8 Å². The standard InChI is InChI=1S/C25H28Cl2N4O2S2/c1-4-33-24(32)21-18-8-6-5-7-9-20(18)35-23(21)29-25(34)28-22-14(2)30-31(15(22)3)13-16-10-11-17(26)12-19(16)27/h10-12H,4-9,13H2,1-3H3,(H2,28,29,34). The molecule has 0 aliphatic heterocycles. The second kappa shape index (κ2) is 11.3. The van der Waals surface area contributed by atoms with Crippen molar-refractivity contribution in [1.29, 1.82) is 0 Å². The number of fused-ring (bicyclic) bond motifs is 1. The molecule has 2 aromatic heterocycles. The number of aromatic nitrogens is 2. The molecule has 6 nitrogen and oxygen atoms in total. The Hall–Kier alpha value is -2.13. The van der Waals surface area contributed by atoms with E-state index in [9.17, 15) is 4.79 Å². The fourth-order valence-corrected chi connectivity index (χ4v) is 6.36. The third-order valence-electron chi connectivity index (χ3n) is 6.08. The predicted molar refractivity (Wildman–Crippen MR) is 149 cm³/mol. The Morgan fingerprint density at radius 3 is 2.71 bits per heavy atom. The smallest absolute Gasteiger partial charge is 0.341 e. The lowest BCUT2D eigenvalue weighted by molar-refractivity contribution is 0.0527. The zero-order chi connectivity index (χ0) is 25.1. The Labute approximate surface area is 225 Å². The first-order valence-corrected chi connectivity index (χ1v) is 13.6. The first-order chi connectivity index (χ1) is 16.8. The molecule has 0 saturated carbocycles. The Morgan fingerprint density at radius 1 is 1.20 bits per heavy atom. The summed E-state index contributed by atoms with van der Waals surface area (Å²) >= 11 is 19.6. The average molecular weight is 552 g/mol. The van der Waals surface area contributed by atoms with Crippen molar-refractivity contribution in [3.05, 3.63) is 61.2 Å². The molecular weight excluding hydrogens is 523 g/mol. The van der Waals surface area contributed by atoms with Gasteiger partial charge in [-0.3, -0.25) is 4.68 Å². The maximum absolute atomic E-state index is 12.8. The summed E-state index contributed by atoms with van der Waals surface area (Å²) in [5.41, 5.74) is 5.21. The van der Waals surface area contributed by atoms with E-state index in [1.807, 2.05) is 37.6 Å². The molecule has 35 heavy (non-hydrogen) atoms. The van der Waals surface area contributed by atoms with Crippen molar-refractivity contribution in [2.24, 2.45) is 0 Å². The maximum Gasteiger partial charge on any atom is 0.341 e. The number of hydrogen-bond acceptors (Lipinski definition) is 5. The monoisotopic (exact) mass is 550 g/mol. The molecule has 0 amide bonds. The summed E-state index contributed by atoms with van der Waals surface area (Å²) in [5, 5.41) is 13.6. The fourth-order valence-electron chi connectivity index (χ4n) is 4.34. The Balaban J connectivity index is 1.55. The van der Waals surface area contributed by atoms with Crippen molar-refractivity contribution in [2.75, 3.05) is 17.2 Å². The number of nitrogens with zero attached hydrogens (tertiary/aromatic N) is 2. The number of nitrogens with one attached hydrogen (secondary N) is 2. The second-order valence-corrected chi connectivity index (χ2v) is 10.9. The summed E-state index contributed by atoms with van der Waals surface area (Å²) in [6, 6.07) is 5.45. The van der Waals surface area contributed by atoms with Crippen molar-refractivity contribution in [3.8, 4) is 0 Å². The minimum atomic E-state index is -0.294. The number of esters is 1. The fraction of sp³-hybridized carbons (Fsp3) is 0.400. The highest BCUT2D eigenvalue weighted by atomic mass is 35.5. The van der Waals surface area contributed by atoms with Gasteiger partial charge in [-0.25, -0.2) is 4.79 Å². The summed E-state index contributed by atoms with van der Waals surface area (Å²) in [6.07, 6.45) is 5.25. The normalized spacial score (nSPS) is 13.2. The molecular formula is C25H28Cl2N4O2S2. The van der Waals surface area contributed by atoms with E-state index in [0.29, 0.717) is 33.9 Å². The van der Waals surface area contributed by atoms with Gasteiger partial charge >= 0.3 is 5.97 Å². The van der Waals surface area contributed by atoms with Crippen LogP contribution in [0.15, 0.2) is 18.2 Å². The van der Waals surface area contributed by atoms with Crippen LogP contribution in [0, 0.1) is 13.8 Å². The van der Waals surface area contributed by atoms with Crippen LogP contribution < -0.4 is 10.6 Å². The summed E-state index contributed by atoms with van der Waals surface area (Å²) in [7, 11) is 0. The van der Waals surface area contributed by atoms with Gasteiger partial charge in [-0.1, -0.05) is 35.7 Å². The molecule has 0 bridgehead atoms. The highest BCUT2D eigenvalue weighted by Crippen LogP contribution is 2.38. The molecule has 0 atom stereocenters. The Bertz CT molecular complexity index is 1270. The molecule has 3 aromatic rings. The first-order valence-electron chi connectivity index (χ1n) is 11.7. The van der Waals surface area contributed by atoms with Gasteiger partial charge in [0.2, 0.25) is 0 Å². The highest BCUT2D eigenvalue weighted by Gasteiger charge is 2.26. The summed E-state index contributed by atoms with van der Waals surface area (Å²) in [5.74, 6) is -0.294. The van der Waals surface area contributed by atoms with Crippen LogP contribution in [0.3, 0.4) is 0 Å². The molecule has 1 aliphatic carbocycles. The second-order valence-electron chi connectivity index (χ2n) is 8.51. The number of carbonyl (C=O) groups is 1. The lowest BCUT2D eigenvalue weighted by Gasteiger charge is -2.12. The zero-order valence-corrected chi connectivity index (χ0v) is 23.1. The van der Waals surface area contributed by atoms with Crippen molar-refractivity contribution in [1.82, 2.24) is 9.78 Å². The lowest BCUT2D eigenvalue weighted by atomic mass is 10.1. The molecule has 2 heterocycles. The Kier molecular flexibility index (Phi) is 8.37.